The van der Waals surface area contributed by atoms with E-state index in [0.717, 1.165) is 5.56 Å². The molecule has 21 heavy (non-hydrogen) atoms. The number of hydrogen-bond acceptors (Lipinski definition) is 5. The Morgan fingerprint density at radius 1 is 1.43 bits per heavy atom. The lowest BCUT2D eigenvalue weighted by Gasteiger charge is -2.25. The molecule has 0 saturated carbocycles. The van der Waals surface area contributed by atoms with Gasteiger partial charge in [-0.25, -0.2) is 5.09 Å². The summed E-state index contributed by atoms with van der Waals surface area (Å²) in [5.74, 6) is 0.176. The molecule has 0 radical (unpaired) electrons. The number of rotatable bonds is 7. The van der Waals surface area contributed by atoms with E-state index in [0.29, 0.717) is 12.2 Å². The third kappa shape index (κ3) is 5.04. The molecule has 1 N–H and O–H groups in total. The number of nitrogens with zero attached hydrogens (tertiary/aromatic N) is 1. The Balaban J connectivity index is 3.26. The van der Waals surface area contributed by atoms with E-state index in [9.17, 15) is 10.1 Å². The van der Waals surface area contributed by atoms with Crippen LogP contribution in [0.15, 0.2) is 12.1 Å². The van der Waals surface area contributed by atoms with Crippen LogP contribution in [0.25, 0.3) is 0 Å². The van der Waals surface area contributed by atoms with Crippen LogP contribution >= 0.6 is 6.64 Å². The highest BCUT2D eigenvalue weighted by Gasteiger charge is 2.27. The molecule has 1 aromatic carbocycles. The molecule has 0 fully saturated rings. The van der Waals surface area contributed by atoms with E-state index in [2.05, 4.69) is 5.09 Å². The minimum atomic E-state index is -2.83. The molecule has 6 nitrogen and oxygen atoms in total. The van der Waals surface area contributed by atoms with Crippen molar-refractivity contribution in [3.05, 3.63) is 33.4 Å². The molecule has 0 spiro atoms. The Morgan fingerprint density at radius 3 is 2.52 bits per heavy atom. The molecule has 0 aromatic heterocycles. The number of nitro groups is 1. The number of nitro benzene ring substituents is 1. The summed E-state index contributed by atoms with van der Waals surface area (Å²) in [6.45, 7) is 6.75. The number of aryl methyl sites for hydroxylation is 2. The molecule has 8 heteroatoms. The molecule has 1 rings (SSSR count). The second kappa shape index (κ2) is 7.31. The summed E-state index contributed by atoms with van der Waals surface area (Å²) in [7, 11) is 0. The summed E-state index contributed by atoms with van der Waals surface area (Å²) in [5.41, 5.74) is 1.38. The van der Waals surface area contributed by atoms with E-state index in [1.54, 1.807) is 13.8 Å². The highest BCUT2D eigenvalue weighted by Crippen LogP contribution is 2.48. The van der Waals surface area contributed by atoms with E-state index >= 15 is 0 Å². The standard InChI is InChI=1S/C13H21N2O4PS/c1-6-18-20(21,14-9(2)3)19-13-11(5)7-10(4)8-12(13)15(16)17/h7-9H,6H2,1-5H3,(H,14,21). The molecule has 0 heterocycles. The van der Waals surface area contributed by atoms with Crippen LogP contribution in [0, 0.1) is 24.0 Å². The molecular weight excluding hydrogens is 311 g/mol. The molecule has 118 valence electrons. The Morgan fingerprint density at radius 2 is 2.05 bits per heavy atom. The summed E-state index contributed by atoms with van der Waals surface area (Å²) in [4.78, 5) is 10.8. The van der Waals surface area contributed by atoms with Crippen molar-refractivity contribution in [2.24, 2.45) is 0 Å². The van der Waals surface area contributed by atoms with Crippen molar-refractivity contribution in [3.8, 4) is 5.75 Å². The van der Waals surface area contributed by atoms with Crippen LogP contribution < -0.4 is 9.61 Å². The van der Waals surface area contributed by atoms with Gasteiger partial charge < -0.3 is 9.05 Å². The first-order valence-electron chi connectivity index (χ1n) is 6.66. The Labute approximate surface area is 130 Å². The van der Waals surface area contributed by atoms with Gasteiger partial charge in [0, 0.05) is 12.1 Å². The second-order valence-electron chi connectivity index (χ2n) is 4.98. The minimum absolute atomic E-state index is 0.0483. The van der Waals surface area contributed by atoms with Crippen LogP contribution in [0.2, 0.25) is 0 Å². The van der Waals surface area contributed by atoms with Crippen LogP contribution in [0.1, 0.15) is 31.9 Å². The van der Waals surface area contributed by atoms with Crippen LogP contribution in [-0.4, -0.2) is 17.6 Å². The van der Waals surface area contributed by atoms with E-state index in [4.69, 9.17) is 20.9 Å². The van der Waals surface area contributed by atoms with Crippen LogP contribution in [-0.2, 0) is 16.3 Å². The minimum Gasteiger partial charge on any atom is -0.425 e. The summed E-state index contributed by atoms with van der Waals surface area (Å²) in [5, 5.41) is 14.3. The second-order valence-corrected chi connectivity index (χ2v) is 8.11. The smallest absolute Gasteiger partial charge is 0.313 e. The monoisotopic (exact) mass is 332 g/mol. The van der Waals surface area contributed by atoms with Crippen molar-refractivity contribution in [1.82, 2.24) is 5.09 Å². The predicted molar refractivity (Wildman–Crippen MR) is 87.4 cm³/mol. The van der Waals surface area contributed by atoms with Crippen LogP contribution in [0.3, 0.4) is 0 Å². The quantitative estimate of drug-likeness (QED) is 0.464. The van der Waals surface area contributed by atoms with E-state index < -0.39 is 11.6 Å². The van der Waals surface area contributed by atoms with Gasteiger partial charge in [0.1, 0.15) is 0 Å². The molecular formula is C13H21N2O4PS. The normalized spacial score (nSPS) is 14.0. The van der Waals surface area contributed by atoms with Crippen LogP contribution in [0.5, 0.6) is 5.75 Å². The van der Waals surface area contributed by atoms with Gasteiger partial charge in [0.05, 0.1) is 11.5 Å². The Kier molecular flexibility index (Phi) is 6.28. The van der Waals surface area contributed by atoms with Gasteiger partial charge in [-0.3, -0.25) is 10.1 Å². The molecule has 1 aromatic rings. The SMILES string of the molecule is CCOP(=S)(NC(C)C)Oc1c(C)cc(C)cc1[N+](=O)[O-]. The Bertz CT molecular complexity index is 578. The number of hydrogen-bond donors (Lipinski definition) is 1. The average molecular weight is 332 g/mol. The van der Waals surface area contributed by atoms with E-state index in [1.807, 2.05) is 26.8 Å². The first-order chi connectivity index (χ1) is 9.68. The molecule has 0 saturated heterocycles. The summed E-state index contributed by atoms with van der Waals surface area (Å²) in [6, 6.07) is 3.35. The van der Waals surface area contributed by atoms with Crippen molar-refractivity contribution in [3.63, 3.8) is 0 Å². The van der Waals surface area contributed by atoms with Crippen molar-refractivity contribution in [2.75, 3.05) is 6.61 Å². The van der Waals surface area contributed by atoms with Crippen molar-refractivity contribution in [1.29, 1.82) is 0 Å². The average Bonchev–Trinajstić information content (AvgIpc) is 2.31. The first kappa shape index (κ1) is 18.0. The third-order valence-corrected chi connectivity index (χ3v) is 5.23. The first-order valence-corrected chi connectivity index (χ1v) is 9.30. The lowest BCUT2D eigenvalue weighted by atomic mass is 10.1. The van der Waals surface area contributed by atoms with Gasteiger partial charge in [-0.05, 0) is 57.6 Å². The lowest BCUT2D eigenvalue weighted by molar-refractivity contribution is -0.385. The highest BCUT2D eigenvalue weighted by molar-refractivity contribution is 8.09. The zero-order chi connectivity index (χ0) is 16.2. The lowest BCUT2D eigenvalue weighted by Crippen LogP contribution is -2.24. The van der Waals surface area contributed by atoms with Gasteiger partial charge in [0.2, 0.25) is 5.75 Å². The summed E-state index contributed by atoms with van der Waals surface area (Å²) in [6.07, 6.45) is 0. The fourth-order valence-electron chi connectivity index (χ4n) is 1.88. The molecule has 0 bridgehead atoms. The molecule has 1 atom stereocenters. The maximum absolute atomic E-state index is 11.2. The topological polar surface area (TPSA) is 73.6 Å². The maximum Gasteiger partial charge on any atom is 0.313 e. The van der Waals surface area contributed by atoms with Gasteiger partial charge in [-0.1, -0.05) is 6.07 Å². The Hall–Kier alpha value is -1.01. The highest BCUT2D eigenvalue weighted by atomic mass is 32.5. The van der Waals surface area contributed by atoms with Gasteiger partial charge >= 0.3 is 12.3 Å². The van der Waals surface area contributed by atoms with Crippen LogP contribution in [0.4, 0.5) is 5.69 Å². The maximum atomic E-state index is 11.2. The van der Waals surface area contributed by atoms with E-state index in [-0.39, 0.29) is 17.5 Å². The fourth-order valence-corrected chi connectivity index (χ4v) is 4.69. The molecule has 0 amide bonds. The van der Waals surface area contributed by atoms with Gasteiger partial charge in [0.25, 0.3) is 0 Å². The van der Waals surface area contributed by atoms with Gasteiger partial charge in [0.15, 0.2) is 0 Å². The molecule has 0 aliphatic carbocycles. The van der Waals surface area contributed by atoms with Crippen molar-refractivity contribution >= 4 is 24.1 Å². The summed E-state index contributed by atoms with van der Waals surface area (Å²) >= 11 is 5.43. The molecule has 0 aliphatic heterocycles. The zero-order valence-corrected chi connectivity index (χ0v) is 14.6. The number of benzene rings is 1. The van der Waals surface area contributed by atoms with E-state index in [1.165, 1.54) is 6.07 Å². The zero-order valence-electron chi connectivity index (χ0n) is 12.9. The fraction of sp³-hybridized carbons (Fsp3) is 0.538. The largest absolute Gasteiger partial charge is 0.425 e. The molecule has 1 unspecified atom stereocenters. The molecule has 0 aliphatic rings. The van der Waals surface area contributed by atoms with Gasteiger partial charge in [-0.15, -0.1) is 0 Å². The summed E-state index contributed by atoms with van der Waals surface area (Å²) < 4.78 is 11.3. The number of nitrogens with one attached hydrogen (secondary N) is 1. The predicted octanol–water partition coefficient (Wildman–Crippen LogP) is 3.85. The van der Waals surface area contributed by atoms with Crippen molar-refractivity contribution in [2.45, 2.75) is 40.7 Å². The van der Waals surface area contributed by atoms with Gasteiger partial charge in [-0.2, -0.15) is 0 Å². The van der Waals surface area contributed by atoms with Crippen molar-refractivity contribution < 1.29 is 14.0 Å². The third-order valence-electron chi connectivity index (χ3n) is 2.52.